The molecule has 0 unspecified atom stereocenters. The van der Waals surface area contributed by atoms with Gasteiger partial charge in [0.25, 0.3) is 0 Å². The number of anilines is 1. The quantitative estimate of drug-likeness (QED) is 0.757. The van der Waals surface area contributed by atoms with E-state index in [-0.39, 0.29) is 6.04 Å². The summed E-state index contributed by atoms with van der Waals surface area (Å²) < 4.78 is 0. The van der Waals surface area contributed by atoms with Gasteiger partial charge in [-0.05, 0) is 43.7 Å². The number of nitriles is 1. The molecule has 20 heavy (non-hydrogen) atoms. The third-order valence-corrected chi connectivity index (χ3v) is 4.43. The number of hydrogen-bond acceptors (Lipinski definition) is 2. The molecule has 0 heterocycles. The Morgan fingerprint density at radius 3 is 2.60 bits per heavy atom. The second-order valence-corrected chi connectivity index (χ2v) is 5.66. The molecule has 1 aliphatic carbocycles. The van der Waals surface area contributed by atoms with Crippen LogP contribution in [-0.2, 0) is 0 Å². The lowest BCUT2D eigenvalue weighted by Crippen LogP contribution is -2.41. The average molecular weight is 268 g/mol. The van der Waals surface area contributed by atoms with Gasteiger partial charge in [0, 0.05) is 12.7 Å². The van der Waals surface area contributed by atoms with E-state index in [4.69, 9.17) is 0 Å². The van der Waals surface area contributed by atoms with Crippen molar-refractivity contribution in [3.63, 3.8) is 0 Å². The van der Waals surface area contributed by atoms with E-state index in [0.29, 0.717) is 11.8 Å². The summed E-state index contributed by atoms with van der Waals surface area (Å²) in [6.45, 7) is 2.08. The number of para-hydroxylation sites is 1. The monoisotopic (exact) mass is 268 g/mol. The third-order valence-electron chi connectivity index (χ3n) is 4.43. The predicted molar refractivity (Wildman–Crippen MR) is 84.5 cm³/mol. The molecule has 0 aliphatic heterocycles. The summed E-state index contributed by atoms with van der Waals surface area (Å²) in [7, 11) is 2.05. The highest BCUT2D eigenvalue weighted by Crippen LogP contribution is 2.36. The van der Waals surface area contributed by atoms with Crippen LogP contribution in [0.2, 0.25) is 0 Å². The third kappa shape index (κ3) is 3.22. The van der Waals surface area contributed by atoms with Crippen molar-refractivity contribution in [1.29, 1.82) is 5.26 Å². The first-order valence-corrected chi connectivity index (χ1v) is 7.58. The van der Waals surface area contributed by atoms with Crippen LogP contribution in [-0.4, -0.2) is 13.1 Å². The van der Waals surface area contributed by atoms with Crippen molar-refractivity contribution in [3.05, 3.63) is 42.5 Å². The van der Waals surface area contributed by atoms with Crippen molar-refractivity contribution in [2.75, 3.05) is 11.9 Å². The summed E-state index contributed by atoms with van der Waals surface area (Å²) in [6.07, 6.45) is 9.35. The zero-order valence-electron chi connectivity index (χ0n) is 12.5. The molecule has 3 atom stereocenters. The first kappa shape index (κ1) is 14.7. The molecular weight excluding hydrogens is 244 g/mol. The molecule has 2 nitrogen and oxygen atoms in total. The summed E-state index contributed by atoms with van der Waals surface area (Å²) in [5, 5.41) is 9.68. The largest absolute Gasteiger partial charge is 0.359 e. The van der Waals surface area contributed by atoms with Crippen molar-refractivity contribution >= 4 is 5.69 Å². The van der Waals surface area contributed by atoms with Crippen LogP contribution >= 0.6 is 0 Å². The van der Waals surface area contributed by atoms with E-state index in [2.05, 4.69) is 42.2 Å². The van der Waals surface area contributed by atoms with E-state index in [0.717, 1.165) is 12.1 Å². The van der Waals surface area contributed by atoms with Crippen LogP contribution in [0.25, 0.3) is 0 Å². The smallest absolute Gasteiger partial charge is 0.120 e. The molecule has 0 spiro atoms. The molecule has 1 fully saturated rings. The Bertz CT molecular complexity index is 472. The van der Waals surface area contributed by atoms with Crippen molar-refractivity contribution in [2.45, 2.75) is 38.6 Å². The lowest BCUT2D eigenvalue weighted by atomic mass is 9.75. The normalized spacial score (nSPS) is 24.2. The van der Waals surface area contributed by atoms with Gasteiger partial charge in [-0.3, -0.25) is 0 Å². The van der Waals surface area contributed by atoms with Crippen molar-refractivity contribution in [3.8, 4) is 6.07 Å². The van der Waals surface area contributed by atoms with Crippen LogP contribution in [0.15, 0.2) is 42.5 Å². The fourth-order valence-electron chi connectivity index (χ4n) is 3.36. The van der Waals surface area contributed by atoms with Crippen molar-refractivity contribution < 1.29 is 0 Å². The minimum absolute atomic E-state index is 0.0427. The summed E-state index contributed by atoms with van der Waals surface area (Å²) in [5.41, 5.74) is 1.13. The summed E-state index contributed by atoms with van der Waals surface area (Å²) in [5.74, 6) is 0.986. The molecule has 2 heteroatoms. The molecule has 0 aromatic heterocycles. The number of nitrogens with zero attached hydrogens (tertiary/aromatic N) is 2. The lowest BCUT2D eigenvalue weighted by Gasteiger charge is -2.37. The van der Waals surface area contributed by atoms with Gasteiger partial charge >= 0.3 is 0 Å². The topological polar surface area (TPSA) is 27.0 Å². The molecule has 1 aromatic carbocycles. The van der Waals surface area contributed by atoms with E-state index in [1.165, 1.54) is 19.3 Å². The summed E-state index contributed by atoms with van der Waals surface area (Å²) in [4.78, 5) is 2.15. The van der Waals surface area contributed by atoms with Gasteiger partial charge in [-0.15, -0.1) is 0 Å². The minimum Gasteiger partial charge on any atom is -0.359 e. The number of rotatable bonds is 4. The van der Waals surface area contributed by atoms with Crippen molar-refractivity contribution in [2.24, 2.45) is 11.8 Å². The second-order valence-electron chi connectivity index (χ2n) is 5.66. The zero-order chi connectivity index (χ0) is 14.4. The van der Waals surface area contributed by atoms with Gasteiger partial charge in [0.1, 0.15) is 6.04 Å². The highest BCUT2D eigenvalue weighted by Gasteiger charge is 2.32. The Balaban J connectivity index is 2.20. The highest BCUT2D eigenvalue weighted by molar-refractivity contribution is 5.48. The molecule has 1 aliphatic rings. The van der Waals surface area contributed by atoms with Gasteiger partial charge in [0.2, 0.25) is 0 Å². The second kappa shape index (κ2) is 7.14. The molecular formula is C18H24N2. The van der Waals surface area contributed by atoms with Gasteiger partial charge in [0.15, 0.2) is 0 Å². The number of benzene rings is 1. The molecule has 1 saturated carbocycles. The van der Waals surface area contributed by atoms with Gasteiger partial charge in [-0.1, -0.05) is 43.2 Å². The van der Waals surface area contributed by atoms with E-state index in [1.54, 1.807) is 0 Å². The highest BCUT2D eigenvalue weighted by atomic mass is 15.1. The van der Waals surface area contributed by atoms with E-state index < -0.39 is 0 Å². The molecule has 0 amide bonds. The first-order chi connectivity index (χ1) is 9.77. The van der Waals surface area contributed by atoms with E-state index in [9.17, 15) is 5.26 Å². The predicted octanol–water partition coefficient (Wildman–Crippen LogP) is 4.40. The Kier molecular flexibility index (Phi) is 5.24. The number of allylic oxidation sites excluding steroid dienone is 2. The lowest BCUT2D eigenvalue weighted by molar-refractivity contribution is 0.262. The van der Waals surface area contributed by atoms with Gasteiger partial charge < -0.3 is 4.90 Å². The molecule has 0 bridgehead atoms. The van der Waals surface area contributed by atoms with Gasteiger partial charge in [-0.2, -0.15) is 5.26 Å². The molecule has 0 saturated heterocycles. The standard InChI is InChI=1S/C18H24N2/c1-3-9-15-10-7-8-13-17(15)18(14-19)20(2)16-11-5-4-6-12-16/h3-6,9,11-12,15,17-18H,7-8,10,13H2,1-2H3/b9-3+/t15-,17-,18-/m0/s1. The summed E-state index contributed by atoms with van der Waals surface area (Å²) in [6, 6.07) is 12.8. The van der Waals surface area contributed by atoms with Crippen LogP contribution < -0.4 is 4.90 Å². The van der Waals surface area contributed by atoms with Crippen LogP contribution in [0.3, 0.4) is 0 Å². The van der Waals surface area contributed by atoms with Crippen LogP contribution in [0.4, 0.5) is 5.69 Å². The maximum atomic E-state index is 9.68. The fraction of sp³-hybridized carbons (Fsp3) is 0.500. The molecule has 0 N–H and O–H groups in total. The van der Waals surface area contributed by atoms with Gasteiger partial charge in [-0.25, -0.2) is 0 Å². The zero-order valence-corrected chi connectivity index (χ0v) is 12.5. The van der Waals surface area contributed by atoms with Crippen LogP contribution in [0.1, 0.15) is 32.6 Å². The van der Waals surface area contributed by atoms with E-state index >= 15 is 0 Å². The maximum absolute atomic E-state index is 9.68. The Morgan fingerprint density at radius 1 is 1.25 bits per heavy atom. The average Bonchev–Trinajstić information content (AvgIpc) is 2.51. The number of hydrogen-bond donors (Lipinski definition) is 0. The first-order valence-electron chi connectivity index (χ1n) is 7.58. The van der Waals surface area contributed by atoms with Crippen LogP contribution in [0, 0.1) is 23.2 Å². The molecule has 106 valence electrons. The Hall–Kier alpha value is -1.75. The Labute approximate surface area is 122 Å². The Morgan fingerprint density at radius 2 is 1.95 bits per heavy atom. The van der Waals surface area contributed by atoms with Crippen molar-refractivity contribution in [1.82, 2.24) is 0 Å². The van der Waals surface area contributed by atoms with E-state index in [1.807, 2.05) is 25.2 Å². The molecule has 1 aromatic rings. The SMILES string of the molecule is C/C=C/[C@H]1CCCC[C@@H]1[C@H](C#N)N(C)c1ccccc1. The maximum Gasteiger partial charge on any atom is 0.120 e. The molecule has 0 radical (unpaired) electrons. The van der Waals surface area contributed by atoms with Gasteiger partial charge in [0.05, 0.1) is 6.07 Å². The fourth-order valence-corrected chi connectivity index (χ4v) is 3.36. The summed E-state index contributed by atoms with van der Waals surface area (Å²) >= 11 is 0. The van der Waals surface area contributed by atoms with Crippen LogP contribution in [0.5, 0.6) is 0 Å². The molecule has 2 rings (SSSR count). The minimum atomic E-state index is -0.0427.